The van der Waals surface area contributed by atoms with Crippen molar-refractivity contribution in [2.24, 2.45) is 0 Å². The van der Waals surface area contributed by atoms with Crippen molar-refractivity contribution in [2.75, 3.05) is 18.0 Å². The molecule has 1 fully saturated rings. The molecule has 2 aromatic carbocycles. The van der Waals surface area contributed by atoms with E-state index in [9.17, 15) is 14.9 Å². The second-order valence-corrected chi connectivity index (χ2v) is 11.0. The molecule has 0 radical (unpaired) electrons. The highest BCUT2D eigenvalue weighted by atomic mass is 16.6. The topological polar surface area (TPSA) is 99.4 Å². The molecule has 0 saturated carbocycles. The van der Waals surface area contributed by atoms with Crippen LogP contribution in [-0.2, 0) is 21.5 Å². The first-order valence-electron chi connectivity index (χ1n) is 12.8. The normalized spacial score (nSPS) is 15.7. The van der Waals surface area contributed by atoms with Gasteiger partial charge in [0.1, 0.15) is 22.8 Å². The van der Waals surface area contributed by atoms with Crippen LogP contribution in [0.4, 0.5) is 10.5 Å². The van der Waals surface area contributed by atoms with Gasteiger partial charge >= 0.3 is 6.09 Å². The van der Waals surface area contributed by atoms with Crippen LogP contribution in [0.2, 0.25) is 0 Å². The average Bonchev–Trinajstić information content (AvgIpc) is 3.14. The maximum absolute atomic E-state index is 14.1. The van der Waals surface area contributed by atoms with E-state index in [4.69, 9.17) is 9.72 Å². The number of aromatic nitrogens is 2. The van der Waals surface area contributed by atoms with Gasteiger partial charge in [-0.05, 0) is 49.9 Å². The van der Waals surface area contributed by atoms with Gasteiger partial charge in [-0.3, -0.25) is 9.78 Å². The van der Waals surface area contributed by atoms with Gasteiger partial charge in [-0.25, -0.2) is 9.78 Å². The fourth-order valence-corrected chi connectivity index (χ4v) is 5.52. The molecule has 1 spiro atoms. The number of hydrogen-bond acceptors (Lipinski definition) is 6. The summed E-state index contributed by atoms with van der Waals surface area (Å²) >= 11 is 0. The molecular weight excluding hydrogens is 490 g/mol. The van der Waals surface area contributed by atoms with Gasteiger partial charge in [-0.1, -0.05) is 42.5 Å². The van der Waals surface area contributed by atoms with Crippen LogP contribution in [0.3, 0.4) is 0 Å². The molecule has 0 unspecified atom stereocenters. The molecule has 2 aromatic heterocycles. The Morgan fingerprint density at radius 3 is 2.49 bits per heavy atom. The number of carbonyl (C=O) groups excluding carboxylic acids is 2. The van der Waals surface area contributed by atoms with E-state index < -0.39 is 17.1 Å². The summed E-state index contributed by atoms with van der Waals surface area (Å²) in [6.07, 6.45) is 3.09. The molecule has 4 heterocycles. The van der Waals surface area contributed by atoms with Gasteiger partial charge < -0.3 is 14.5 Å². The van der Waals surface area contributed by atoms with Crippen LogP contribution in [0.1, 0.15) is 37.7 Å². The molecule has 2 amide bonds. The molecule has 39 heavy (non-hydrogen) atoms. The highest BCUT2D eigenvalue weighted by Gasteiger charge is 2.59. The van der Waals surface area contributed by atoms with E-state index in [0.717, 1.165) is 38.8 Å². The zero-order chi connectivity index (χ0) is 27.4. The summed E-state index contributed by atoms with van der Waals surface area (Å²) in [5, 5.41) is 11.2. The Morgan fingerprint density at radius 2 is 1.77 bits per heavy atom. The fourth-order valence-electron chi connectivity index (χ4n) is 5.52. The maximum atomic E-state index is 14.1. The van der Waals surface area contributed by atoms with Gasteiger partial charge in [0, 0.05) is 47.7 Å². The predicted molar refractivity (Wildman–Crippen MR) is 147 cm³/mol. The Bertz CT molecular complexity index is 1660. The minimum Gasteiger partial charge on any atom is -0.444 e. The van der Waals surface area contributed by atoms with Crippen LogP contribution >= 0.6 is 0 Å². The van der Waals surface area contributed by atoms with Crippen LogP contribution < -0.4 is 4.90 Å². The summed E-state index contributed by atoms with van der Waals surface area (Å²) in [7, 11) is 0. The first-order chi connectivity index (χ1) is 18.7. The Kier molecular flexibility index (Phi) is 5.61. The molecule has 1 saturated heterocycles. The van der Waals surface area contributed by atoms with Gasteiger partial charge in [0.15, 0.2) is 0 Å². The SMILES string of the molecule is CC(C)(C)OC(=O)N1CC2(C1)C(=O)N(Cc1ncc3ccccc3c1-c1ccc(C#N)nc1)c1ccccc12. The molecule has 0 atom stereocenters. The van der Waals surface area contributed by atoms with Gasteiger partial charge in [-0.2, -0.15) is 5.26 Å². The van der Waals surface area contributed by atoms with E-state index in [1.165, 1.54) is 0 Å². The van der Waals surface area contributed by atoms with Crippen LogP contribution in [0.25, 0.3) is 21.9 Å². The van der Waals surface area contributed by atoms with E-state index in [0.29, 0.717) is 5.69 Å². The largest absolute Gasteiger partial charge is 0.444 e. The number of anilines is 1. The lowest BCUT2D eigenvalue weighted by Gasteiger charge is -2.46. The minimum absolute atomic E-state index is 0.0534. The standard InChI is InChI=1S/C31H27N5O3/c1-30(2,3)39-29(38)35-18-31(19-35)24-10-6-7-11-26(24)36(28(31)37)17-25-27(21-12-13-22(14-32)33-16-21)23-9-5-4-8-20(23)15-34-25/h4-13,15-16H,17-19H2,1-3H3. The summed E-state index contributed by atoms with van der Waals surface area (Å²) in [5.41, 5.74) is 3.08. The number of pyridine rings is 2. The molecule has 194 valence electrons. The summed E-state index contributed by atoms with van der Waals surface area (Å²) in [4.78, 5) is 39.2. The van der Waals surface area contributed by atoms with Crippen molar-refractivity contribution in [3.63, 3.8) is 0 Å². The summed E-state index contributed by atoms with van der Waals surface area (Å²) in [6.45, 7) is 6.28. The first kappa shape index (κ1) is 24.6. The second kappa shape index (κ2) is 8.91. The van der Waals surface area contributed by atoms with Crippen LogP contribution in [0.15, 0.2) is 73.1 Å². The van der Waals surface area contributed by atoms with Crippen LogP contribution in [-0.4, -0.2) is 45.6 Å². The maximum Gasteiger partial charge on any atom is 0.410 e. The van der Waals surface area contributed by atoms with E-state index in [-0.39, 0.29) is 25.5 Å². The lowest BCUT2D eigenvalue weighted by Crippen LogP contribution is -2.65. The van der Waals surface area contributed by atoms with E-state index >= 15 is 0 Å². The van der Waals surface area contributed by atoms with Crippen molar-refractivity contribution in [2.45, 2.75) is 38.3 Å². The quantitative estimate of drug-likeness (QED) is 0.370. The number of fused-ring (bicyclic) bond motifs is 3. The molecule has 8 heteroatoms. The number of ether oxygens (including phenoxy) is 1. The number of benzene rings is 2. The Hall–Kier alpha value is -4.77. The lowest BCUT2D eigenvalue weighted by molar-refractivity contribution is -0.129. The summed E-state index contributed by atoms with van der Waals surface area (Å²) < 4.78 is 5.54. The Balaban J connectivity index is 1.38. The van der Waals surface area contributed by atoms with Gasteiger partial charge in [0.2, 0.25) is 5.91 Å². The van der Waals surface area contributed by atoms with E-state index in [1.54, 1.807) is 22.1 Å². The monoisotopic (exact) mass is 517 g/mol. The third kappa shape index (κ3) is 4.07. The van der Waals surface area contributed by atoms with Gasteiger partial charge in [0.25, 0.3) is 0 Å². The third-order valence-electron chi connectivity index (χ3n) is 7.29. The number of nitrogens with zero attached hydrogens (tertiary/aromatic N) is 5. The number of hydrogen-bond donors (Lipinski definition) is 0. The number of likely N-dealkylation sites (tertiary alicyclic amines) is 1. The second-order valence-electron chi connectivity index (χ2n) is 11.0. The molecule has 2 aliphatic heterocycles. The molecule has 0 N–H and O–H groups in total. The number of amides is 2. The zero-order valence-electron chi connectivity index (χ0n) is 22.0. The first-order valence-corrected chi connectivity index (χ1v) is 12.8. The molecule has 4 aromatic rings. The molecule has 8 nitrogen and oxygen atoms in total. The molecule has 0 bridgehead atoms. The van der Waals surface area contributed by atoms with Crippen LogP contribution in [0.5, 0.6) is 0 Å². The number of nitriles is 1. The molecular formula is C31H27N5O3. The zero-order valence-corrected chi connectivity index (χ0v) is 22.0. The van der Waals surface area contributed by atoms with Crippen LogP contribution in [0, 0.1) is 11.3 Å². The highest BCUT2D eigenvalue weighted by molar-refractivity contribution is 6.10. The number of carbonyl (C=O) groups is 2. The highest BCUT2D eigenvalue weighted by Crippen LogP contribution is 2.48. The third-order valence-corrected chi connectivity index (χ3v) is 7.29. The average molecular weight is 518 g/mol. The smallest absolute Gasteiger partial charge is 0.410 e. The fraction of sp³-hybridized carbons (Fsp3) is 0.258. The number of rotatable bonds is 3. The minimum atomic E-state index is -0.805. The molecule has 0 aliphatic carbocycles. The van der Waals surface area contributed by atoms with Crippen molar-refractivity contribution in [1.29, 1.82) is 5.26 Å². The van der Waals surface area contributed by atoms with Gasteiger partial charge in [-0.15, -0.1) is 0 Å². The summed E-state index contributed by atoms with van der Waals surface area (Å²) in [6, 6.07) is 21.3. The molecule has 6 rings (SSSR count). The van der Waals surface area contributed by atoms with E-state index in [1.807, 2.05) is 81.6 Å². The van der Waals surface area contributed by atoms with E-state index in [2.05, 4.69) is 11.1 Å². The Morgan fingerprint density at radius 1 is 1.03 bits per heavy atom. The van der Waals surface area contributed by atoms with Crippen molar-refractivity contribution >= 4 is 28.5 Å². The number of para-hydroxylation sites is 1. The van der Waals surface area contributed by atoms with Gasteiger partial charge in [0.05, 0.1) is 12.2 Å². The van der Waals surface area contributed by atoms with Crippen molar-refractivity contribution < 1.29 is 14.3 Å². The predicted octanol–water partition coefficient (Wildman–Crippen LogP) is 5.20. The summed E-state index contributed by atoms with van der Waals surface area (Å²) in [5.74, 6) is -0.0534. The van der Waals surface area contributed by atoms with Crippen molar-refractivity contribution in [3.05, 3.63) is 90.0 Å². The van der Waals surface area contributed by atoms with Crippen molar-refractivity contribution in [1.82, 2.24) is 14.9 Å². The lowest BCUT2D eigenvalue weighted by atomic mass is 9.75. The van der Waals surface area contributed by atoms with Crippen molar-refractivity contribution in [3.8, 4) is 17.2 Å². The Labute approximate surface area is 226 Å². The molecule has 2 aliphatic rings.